The van der Waals surface area contributed by atoms with Crippen LogP contribution in [0.4, 0.5) is 18.9 Å². The molecule has 23 heavy (non-hydrogen) atoms. The molecule has 0 aliphatic rings. The molecule has 1 aromatic carbocycles. The van der Waals surface area contributed by atoms with E-state index in [9.17, 15) is 22.8 Å². The zero-order valence-corrected chi connectivity index (χ0v) is 12.1. The highest BCUT2D eigenvalue weighted by atomic mass is 35.5. The lowest BCUT2D eigenvalue weighted by Gasteiger charge is -2.10. The molecule has 5 nitrogen and oxygen atoms in total. The molecule has 0 spiro atoms. The normalized spacial score (nSPS) is 11.1. The van der Waals surface area contributed by atoms with Gasteiger partial charge in [-0.2, -0.15) is 13.2 Å². The van der Waals surface area contributed by atoms with E-state index in [4.69, 9.17) is 17.3 Å². The molecule has 0 aliphatic heterocycles. The Bertz CT molecular complexity index is 778. The third-order valence-electron chi connectivity index (χ3n) is 2.82. The minimum atomic E-state index is -4.65. The van der Waals surface area contributed by atoms with Gasteiger partial charge in [-0.1, -0.05) is 17.7 Å². The smallest absolute Gasteiger partial charge is 0.366 e. The van der Waals surface area contributed by atoms with Crippen LogP contribution in [0.3, 0.4) is 0 Å². The van der Waals surface area contributed by atoms with Crippen LogP contribution in [0.15, 0.2) is 36.5 Å². The van der Waals surface area contributed by atoms with Crippen molar-refractivity contribution in [2.24, 2.45) is 5.73 Å². The van der Waals surface area contributed by atoms with Crippen molar-refractivity contribution in [3.63, 3.8) is 0 Å². The third-order valence-corrected chi connectivity index (χ3v) is 3.12. The molecule has 0 radical (unpaired) electrons. The lowest BCUT2D eigenvalue weighted by atomic mass is 10.1. The zero-order valence-electron chi connectivity index (χ0n) is 11.3. The van der Waals surface area contributed by atoms with Gasteiger partial charge < -0.3 is 11.1 Å². The van der Waals surface area contributed by atoms with E-state index < -0.39 is 29.1 Å². The van der Waals surface area contributed by atoms with E-state index in [0.717, 1.165) is 0 Å². The first-order valence-electron chi connectivity index (χ1n) is 6.12. The van der Waals surface area contributed by atoms with Gasteiger partial charge in [-0.25, -0.2) is 4.98 Å². The Hall–Kier alpha value is -2.61. The van der Waals surface area contributed by atoms with E-state index in [-0.39, 0.29) is 16.4 Å². The second-order valence-corrected chi connectivity index (χ2v) is 4.82. The molecule has 2 rings (SSSR count). The summed E-state index contributed by atoms with van der Waals surface area (Å²) in [6.07, 6.45) is -4.12. The predicted molar refractivity (Wildman–Crippen MR) is 77.2 cm³/mol. The molecule has 9 heteroatoms. The van der Waals surface area contributed by atoms with E-state index in [2.05, 4.69) is 10.3 Å². The number of carbonyl (C=O) groups excluding carboxylic acids is 2. The molecule has 0 saturated heterocycles. The number of carbonyl (C=O) groups is 2. The van der Waals surface area contributed by atoms with E-state index in [1.54, 1.807) is 0 Å². The molecule has 3 N–H and O–H groups in total. The number of nitrogens with one attached hydrogen (secondary N) is 1. The molecule has 0 atom stereocenters. The van der Waals surface area contributed by atoms with Gasteiger partial charge in [-0.3, -0.25) is 9.59 Å². The second-order valence-electron chi connectivity index (χ2n) is 4.46. The average molecular weight is 344 g/mol. The summed E-state index contributed by atoms with van der Waals surface area (Å²) in [4.78, 5) is 26.5. The van der Waals surface area contributed by atoms with Crippen LogP contribution in [0.25, 0.3) is 0 Å². The zero-order chi connectivity index (χ0) is 17.2. The quantitative estimate of drug-likeness (QED) is 0.840. The molecular formula is C14H9ClF3N3O2. The lowest BCUT2D eigenvalue weighted by molar-refractivity contribution is -0.137. The Morgan fingerprint density at radius 1 is 1.22 bits per heavy atom. The fraction of sp³-hybridized carbons (Fsp3) is 0.0714. The number of pyridine rings is 1. The van der Waals surface area contributed by atoms with Crippen molar-refractivity contribution < 1.29 is 22.8 Å². The van der Waals surface area contributed by atoms with Crippen molar-refractivity contribution in [3.05, 3.63) is 58.4 Å². The Kier molecular flexibility index (Phi) is 4.55. The summed E-state index contributed by atoms with van der Waals surface area (Å²) in [5.74, 6) is -1.60. The summed E-state index contributed by atoms with van der Waals surface area (Å²) >= 11 is 5.68. The molecular weight excluding hydrogens is 335 g/mol. The molecule has 0 bridgehead atoms. The predicted octanol–water partition coefficient (Wildman–Crippen LogP) is 3.11. The maximum atomic E-state index is 12.7. The van der Waals surface area contributed by atoms with Crippen LogP contribution < -0.4 is 11.1 Å². The number of nitrogens with zero attached hydrogens (tertiary/aromatic N) is 1. The highest BCUT2D eigenvalue weighted by molar-refractivity contribution is 6.33. The van der Waals surface area contributed by atoms with Crippen LogP contribution in [0.5, 0.6) is 0 Å². The third kappa shape index (κ3) is 3.98. The lowest BCUT2D eigenvalue weighted by Crippen LogP contribution is -2.16. The van der Waals surface area contributed by atoms with Crippen molar-refractivity contribution in [2.75, 3.05) is 5.32 Å². The Morgan fingerprint density at radius 3 is 2.52 bits per heavy atom. The molecule has 0 saturated carbocycles. The van der Waals surface area contributed by atoms with E-state index in [1.165, 1.54) is 24.3 Å². The number of amides is 2. The summed E-state index contributed by atoms with van der Waals surface area (Å²) in [7, 11) is 0. The summed E-state index contributed by atoms with van der Waals surface area (Å²) in [5, 5.41) is 1.96. The number of hydrogen-bond donors (Lipinski definition) is 2. The molecule has 2 aromatic rings. The van der Waals surface area contributed by atoms with Crippen LogP contribution in [-0.4, -0.2) is 16.8 Å². The Balaban J connectivity index is 2.31. The van der Waals surface area contributed by atoms with Crippen LogP contribution in [0.2, 0.25) is 5.15 Å². The van der Waals surface area contributed by atoms with Gasteiger partial charge in [-0.05, 0) is 24.3 Å². The number of primary amides is 1. The first-order valence-corrected chi connectivity index (χ1v) is 6.50. The van der Waals surface area contributed by atoms with Gasteiger partial charge in [-0.15, -0.1) is 0 Å². The van der Waals surface area contributed by atoms with Crippen molar-refractivity contribution in [3.8, 4) is 0 Å². The maximum absolute atomic E-state index is 12.7. The van der Waals surface area contributed by atoms with Gasteiger partial charge in [0.1, 0.15) is 5.15 Å². The van der Waals surface area contributed by atoms with Crippen molar-refractivity contribution in [2.45, 2.75) is 6.18 Å². The number of aromatic nitrogens is 1. The minimum absolute atomic E-state index is 0.135. The number of anilines is 1. The highest BCUT2D eigenvalue weighted by Crippen LogP contribution is 2.30. The van der Waals surface area contributed by atoms with Gasteiger partial charge >= 0.3 is 6.18 Å². The van der Waals surface area contributed by atoms with E-state index in [0.29, 0.717) is 12.3 Å². The number of hydrogen-bond acceptors (Lipinski definition) is 3. The first-order chi connectivity index (χ1) is 10.7. The summed E-state index contributed by atoms with van der Waals surface area (Å²) in [6, 6.07) is 6.22. The molecule has 2 amide bonds. The summed E-state index contributed by atoms with van der Waals surface area (Å²) in [5.41, 5.74) is 3.89. The Morgan fingerprint density at radius 2 is 1.91 bits per heavy atom. The highest BCUT2D eigenvalue weighted by Gasteiger charge is 2.32. The van der Waals surface area contributed by atoms with Crippen LogP contribution in [0, 0.1) is 0 Å². The molecule has 0 unspecified atom stereocenters. The fourth-order valence-electron chi connectivity index (χ4n) is 1.71. The minimum Gasteiger partial charge on any atom is -0.366 e. The number of nitrogens with two attached hydrogens (primary N) is 1. The topological polar surface area (TPSA) is 85.1 Å². The number of benzene rings is 1. The van der Waals surface area contributed by atoms with Gasteiger partial charge in [0.2, 0.25) is 5.91 Å². The maximum Gasteiger partial charge on any atom is 0.417 e. The standard InChI is InChI=1S/C14H9ClF3N3O2/c15-11-10(5-8(6-20-11)14(16,17)18)13(23)21-9-3-1-2-7(4-9)12(19)22/h1-6H,(H2,19,22)(H,21,23). The SMILES string of the molecule is NC(=O)c1cccc(NC(=O)c2cc(C(F)(F)F)cnc2Cl)c1. The summed E-state index contributed by atoms with van der Waals surface area (Å²) < 4.78 is 38.0. The van der Waals surface area contributed by atoms with Gasteiger partial charge in [0.25, 0.3) is 5.91 Å². The Labute approximate surface area is 133 Å². The number of alkyl halides is 3. The van der Waals surface area contributed by atoms with Crippen molar-refractivity contribution in [1.29, 1.82) is 0 Å². The molecule has 0 fully saturated rings. The largest absolute Gasteiger partial charge is 0.417 e. The van der Waals surface area contributed by atoms with E-state index in [1.807, 2.05) is 0 Å². The van der Waals surface area contributed by atoms with Gasteiger partial charge in [0.15, 0.2) is 0 Å². The van der Waals surface area contributed by atoms with Crippen LogP contribution in [-0.2, 0) is 6.18 Å². The average Bonchev–Trinajstić information content (AvgIpc) is 2.46. The van der Waals surface area contributed by atoms with Gasteiger partial charge in [0, 0.05) is 17.4 Å². The molecule has 0 aliphatic carbocycles. The first kappa shape index (κ1) is 16.8. The monoisotopic (exact) mass is 343 g/mol. The summed E-state index contributed by atoms with van der Waals surface area (Å²) in [6.45, 7) is 0. The van der Waals surface area contributed by atoms with E-state index >= 15 is 0 Å². The van der Waals surface area contributed by atoms with Gasteiger partial charge in [0.05, 0.1) is 11.1 Å². The molecule has 1 heterocycles. The van der Waals surface area contributed by atoms with Crippen molar-refractivity contribution >= 4 is 29.1 Å². The number of rotatable bonds is 3. The fourth-order valence-corrected chi connectivity index (χ4v) is 1.90. The molecule has 120 valence electrons. The molecule has 1 aromatic heterocycles. The van der Waals surface area contributed by atoms with Crippen LogP contribution in [0.1, 0.15) is 26.3 Å². The second kappa shape index (κ2) is 6.25. The van der Waals surface area contributed by atoms with Crippen molar-refractivity contribution in [1.82, 2.24) is 4.98 Å². The van der Waals surface area contributed by atoms with Crippen LogP contribution >= 0.6 is 11.6 Å². The number of halogens is 4.